The highest BCUT2D eigenvalue weighted by Gasteiger charge is 2.21. The standard InChI is InChI=1S/C11H22N4O/c1-2-6-11(16)10(13-14-12)9-15-7-4-3-5-8-15/h10-11,16H,2-9H2,1H3/t10-,11+/m0/s1. The summed E-state index contributed by atoms with van der Waals surface area (Å²) in [7, 11) is 0. The molecule has 1 aliphatic heterocycles. The number of likely N-dealkylation sites (tertiary alicyclic amines) is 1. The Morgan fingerprint density at radius 1 is 1.38 bits per heavy atom. The van der Waals surface area contributed by atoms with Crippen LogP contribution in [-0.4, -0.2) is 41.8 Å². The molecule has 0 aliphatic carbocycles. The van der Waals surface area contributed by atoms with E-state index in [1.807, 2.05) is 6.92 Å². The minimum Gasteiger partial charge on any atom is -0.393 e. The number of aliphatic hydroxyl groups is 1. The molecule has 0 amide bonds. The zero-order chi connectivity index (χ0) is 11.8. The van der Waals surface area contributed by atoms with E-state index in [0.717, 1.165) is 19.5 Å². The predicted molar refractivity (Wildman–Crippen MR) is 64.1 cm³/mol. The Kier molecular flexibility index (Phi) is 6.23. The van der Waals surface area contributed by atoms with E-state index in [0.29, 0.717) is 13.0 Å². The quantitative estimate of drug-likeness (QED) is 0.429. The van der Waals surface area contributed by atoms with Gasteiger partial charge in [0.15, 0.2) is 0 Å². The summed E-state index contributed by atoms with van der Waals surface area (Å²) in [6.07, 6.45) is 4.85. The van der Waals surface area contributed by atoms with Crippen LogP contribution in [0.25, 0.3) is 10.4 Å². The van der Waals surface area contributed by atoms with E-state index in [2.05, 4.69) is 14.9 Å². The third kappa shape index (κ3) is 4.39. The lowest BCUT2D eigenvalue weighted by molar-refractivity contribution is 0.104. The van der Waals surface area contributed by atoms with Crippen LogP contribution in [0, 0.1) is 0 Å². The molecule has 0 spiro atoms. The van der Waals surface area contributed by atoms with Crippen molar-refractivity contribution < 1.29 is 5.11 Å². The molecule has 1 rings (SSSR count). The number of hydrogen-bond donors (Lipinski definition) is 1. The predicted octanol–water partition coefficient (Wildman–Crippen LogP) is 2.31. The molecule has 1 saturated heterocycles. The van der Waals surface area contributed by atoms with Gasteiger partial charge in [0.1, 0.15) is 0 Å². The van der Waals surface area contributed by atoms with Crippen molar-refractivity contribution in [1.82, 2.24) is 4.90 Å². The van der Waals surface area contributed by atoms with E-state index < -0.39 is 6.10 Å². The first kappa shape index (κ1) is 13.3. The number of piperidine rings is 1. The van der Waals surface area contributed by atoms with E-state index in [4.69, 9.17) is 5.53 Å². The molecular formula is C11H22N4O. The first-order chi connectivity index (χ1) is 7.77. The summed E-state index contributed by atoms with van der Waals surface area (Å²) >= 11 is 0. The lowest BCUT2D eigenvalue weighted by Gasteiger charge is -2.30. The van der Waals surface area contributed by atoms with Gasteiger partial charge in [-0.2, -0.15) is 0 Å². The summed E-state index contributed by atoms with van der Waals surface area (Å²) in [4.78, 5) is 5.14. The van der Waals surface area contributed by atoms with Crippen LogP contribution in [-0.2, 0) is 0 Å². The highest BCUT2D eigenvalue weighted by atomic mass is 16.3. The number of aliphatic hydroxyl groups excluding tert-OH is 1. The number of hydrogen-bond acceptors (Lipinski definition) is 3. The molecule has 5 nitrogen and oxygen atoms in total. The molecule has 5 heteroatoms. The first-order valence-corrected chi connectivity index (χ1v) is 6.22. The van der Waals surface area contributed by atoms with Gasteiger partial charge in [0.05, 0.1) is 12.1 Å². The van der Waals surface area contributed by atoms with Crippen LogP contribution < -0.4 is 0 Å². The Hall–Kier alpha value is -0.770. The van der Waals surface area contributed by atoms with Gasteiger partial charge >= 0.3 is 0 Å². The Morgan fingerprint density at radius 2 is 2.06 bits per heavy atom. The fourth-order valence-electron chi connectivity index (χ4n) is 2.20. The van der Waals surface area contributed by atoms with Crippen molar-refractivity contribution in [3.63, 3.8) is 0 Å². The Morgan fingerprint density at radius 3 is 2.62 bits per heavy atom. The number of rotatable bonds is 6. The first-order valence-electron chi connectivity index (χ1n) is 6.22. The third-order valence-corrected chi connectivity index (χ3v) is 3.12. The minimum atomic E-state index is -0.497. The van der Waals surface area contributed by atoms with Gasteiger partial charge in [0.2, 0.25) is 0 Å². The second-order valence-electron chi connectivity index (χ2n) is 4.49. The van der Waals surface area contributed by atoms with Crippen molar-refractivity contribution in [3.8, 4) is 0 Å². The van der Waals surface area contributed by atoms with Crippen LogP contribution in [0.2, 0.25) is 0 Å². The van der Waals surface area contributed by atoms with Gasteiger partial charge in [-0.15, -0.1) is 0 Å². The van der Waals surface area contributed by atoms with Gasteiger partial charge in [-0.3, -0.25) is 0 Å². The van der Waals surface area contributed by atoms with E-state index >= 15 is 0 Å². The smallest absolute Gasteiger partial charge is 0.0760 e. The SMILES string of the molecule is CCC[C@@H](O)[C@H](CN1CCCCC1)N=[N+]=[N-]. The highest BCUT2D eigenvalue weighted by Crippen LogP contribution is 2.13. The fraction of sp³-hybridized carbons (Fsp3) is 1.00. The van der Waals surface area contributed by atoms with Crippen LogP contribution in [0.3, 0.4) is 0 Å². The zero-order valence-corrected chi connectivity index (χ0v) is 10.0. The molecule has 1 N–H and O–H groups in total. The Bertz CT molecular complexity index is 234. The molecule has 0 unspecified atom stereocenters. The van der Waals surface area contributed by atoms with Gasteiger partial charge in [-0.25, -0.2) is 0 Å². The third-order valence-electron chi connectivity index (χ3n) is 3.12. The average molecular weight is 226 g/mol. The molecular weight excluding hydrogens is 204 g/mol. The number of azide groups is 1. The molecule has 0 aromatic heterocycles. The monoisotopic (exact) mass is 226 g/mol. The summed E-state index contributed by atoms with van der Waals surface area (Å²) in [5, 5.41) is 13.6. The van der Waals surface area contributed by atoms with Crippen molar-refractivity contribution in [2.45, 2.75) is 51.2 Å². The van der Waals surface area contributed by atoms with Gasteiger partial charge in [-0.05, 0) is 37.9 Å². The van der Waals surface area contributed by atoms with Gasteiger partial charge in [0, 0.05) is 11.5 Å². The summed E-state index contributed by atoms with van der Waals surface area (Å²) in [6.45, 7) is 4.86. The molecule has 16 heavy (non-hydrogen) atoms. The summed E-state index contributed by atoms with van der Waals surface area (Å²) in [6, 6.07) is -0.289. The van der Waals surface area contributed by atoms with Crippen LogP contribution in [0.15, 0.2) is 5.11 Å². The molecule has 0 saturated carbocycles. The summed E-state index contributed by atoms with van der Waals surface area (Å²) in [5.41, 5.74) is 8.51. The van der Waals surface area contributed by atoms with Crippen LogP contribution in [0.1, 0.15) is 39.0 Å². The van der Waals surface area contributed by atoms with Crippen molar-refractivity contribution >= 4 is 0 Å². The molecule has 1 fully saturated rings. The van der Waals surface area contributed by atoms with Crippen molar-refractivity contribution in [2.75, 3.05) is 19.6 Å². The van der Waals surface area contributed by atoms with Crippen molar-refractivity contribution in [1.29, 1.82) is 0 Å². The summed E-state index contributed by atoms with van der Waals surface area (Å²) in [5.74, 6) is 0. The second kappa shape index (κ2) is 7.49. The van der Waals surface area contributed by atoms with Crippen LogP contribution in [0.4, 0.5) is 0 Å². The van der Waals surface area contributed by atoms with Gasteiger partial charge in [-0.1, -0.05) is 24.9 Å². The van der Waals surface area contributed by atoms with E-state index in [9.17, 15) is 5.11 Å². The van der Waals surface area contributed by atoms with Crippen LogP contribution >= 0.6 is 0 Å². The van der Waals surface area contributed by atoms with E-state index in [1.54, 1.807) is 0 Å². The maximum Gasteiger partial charge on any atom is 0.0760 e. The second-order valence-corrected chi connectivity index (χ2v) is 4.49. The van der Waals surface area contributed by atoms with Crippen molar-refractivity contribution in [3.05, 3.63) is 10.4 Å². The zero-order valence-electron chi connectivity index (χ0n) is 10.0. The molecule has 2 atom stereocenters. The molecule has 0 aromatic rings. The van der Waals surface area contributed by atoms with Crippen molar-refractivity contribution in [2.24, 2.45) is 5.11 Å². The Balaban J connectivity index is 2.45. The topological polar surface area (TPSA) is 72.2 Å². The van der Waals surface area contributed by atoms with E-state index in [1.165, 1.54) is 19.3 Å². The molecule has 1 aliphatic rings. The minimum absolute atomic E-state index is 0.289. The number of nitrogens with zero attached hydrogens (tertiary/aromatic N) is 4. The van der Waals surface area contributed by atoms with Crippen LogP contribution in [0.5, 0.6) is 0 Å². The van der Waals surface area contributed by atoms with Gasteiger partial charge < -0.3 is 10.0 Å². The lowest BCUT2D eigenvalue weighted by Crippen LogP contribution is -2.40. The average Bonchev–Trinajstić information content (AvgIpc) is 2.30. The molecule has 0 aromatic carbocycles. The molecule has 1 heterocycles. The maximum atomic E-state index is 9.88. The summed E-state index contributed by atoms with van der Waals surface area (Å²) < 4.78 is 0. The largest absolute Gasteiger partial charge is 0.393 e. The normalized spacial score (nSPS) is 21.1. The molecule has 0 bridgehead atoms. The lowest BCUT2D eigenvalue weighted by atomic mass is 10.0. The fourth-order valence-corrected chi connectivity index (χ4v) is 2.20. The highest BCUT2D eigenvalue weighted by molar-refractivity contribution is 4.80. The molecule has 0 radical (unpaired) electrons. The molecule has 92 valence electrons. The Labute approximate surface area is 97.1 Å². The van der Waals surface area contributed by atoms with E-state index in [-0.39, 0.29) is 6.04 Å². The maximum absolute atomic E-state index is 9.88. The van der Waals surface area contributed by atoms with Gasteiger partial charge in [0.25, 0.3) is 0 Å².